The zero-order valence-electron chi connectivity index (χ0n) is 5.45. The van der Waals surface area contributed by atoms with Crippen LogP contribution in [0.3, 0.4) is 0 Å². The van der Waals surface area contributed by atoms with Crippen LogP contribution in [-0.2, 0) is 4.74 Å². The normalized spacial score (nSPS) is 16.8. The monoisotopic (exact) mass is 132 g/mol. The van der Waals surface area contributed by atoms with E-state index in [1.54, 1.807) is 0 Å². The second-order valence-corrected chi connectivity index (χ2v) is 1.68. The molecule has 3 heteroatoms. The zero-order valence-corrected chi connectivity index (χ0v) is 5.45. The van der Waals surface area contributed by atoms with Gasteiger partial charge in [0.1, 0.15) is 12.2 Å². The predicted octanol–water partition coefficient (Wildman–Crippen LogP) is -0.459. The van der Waals surface area contributed by atoms with Gasteiger partial charge in [0.2, 0.25) is 0 Å². The lowest BCUT2D eigenvalue weighted by Crippen LogP contribution is -2.29. The maximum Gasteiger partial charge on any atom is 0.110 e. The molecule has 0 bridgehead atoms. The summed E-state index contributed by atoms with van der Waals surface area (Å²) in [6.45, 7) is 3.15. The first-order valence-corrected chi connectivity index (χ1v) is 2.70. The van der Waals surface area contributed by atoms with Gasteiger partial charge in [-0.15, -0.1) is 6.58 Å². The number of hydrogen-bond acceptors (Lipinski definition) is 3. The number of hydrogen-bond donors (Lipinski definition) is 2. The molecule has 54 valence electrons. The Morgan fingerprint density at radius 2 is 2.33 bits per heavy atom. The summed E-state index contributed by atoms with van der Waals surface area (Å²) in [6.07, 6.45) is 0.00667. The van der Waals surface area contributed by atoms with Crippen molar-refractivity contribution in [3.05, 3.63) is 12.7 Å². The van der Waals surface area contributed by atoms with Gasteiger partial charge in [0.05, 0.1) is 6.61 Å². The van der Waals surface area contributed by atoms with Crippen LogP contribution in [-0.4, -0.2) is 36.1 Å². The molecule has 0 rings (SSSR count). The molecule has 3 nitrogen and oxygen atoms in total. The van der Waals surface area contributed by atoms with E-state index in [0.717, 1.165) is 0 Å². The predicted molar refractivity (Wildman–Crippen MR) is 34.1 cm³/mol. The molecule has 2 N–H and O–H groups in total. The molecule has 0 aliphatic heterocycles. The molecular weight excluding hydrogens is 120 g/mol. The minimum absolute atomic E-state index is 0.191. The Labute approximate surface area is 54.6 Å². The van der Waals surface area contributed by atoms with Crippen molar-refractivity contribution in [1.82, 2.24) is 0 Å². The summed E-state index contributed by atoms with van der Waals surface area (Å²) < 4.78 is 4.68. The van der Waals surface area contributed by atoms with Crippen LogP contribution in [0.25, 0.3) is 0 Å². The van der Waals surface area contributed by atoms with Gasteiger partial charge < -0.3 is 14.9 Å². The molecule has 0 aliphatic rings. The molecule has 0 fully saturated rings. The number of aliphatic hydroxyl groups excluding tert-OH is 2. The lowest BCUT2D eigenvalue weighted by molar-refractivity contribution is -0.0208. The lowest BCUT2D eigenvalue weighted by atomic mass is 10.2. The summed E-state index contributed by atoms with van der Waals surface area (Å²) in [5.41, 5.74) is 0. The van der Waals surface area contributed by atoms with Gasteiger partial charge in [0, 0.05) is 7.11 Å². The summed E-state index contributed by atoms with van der Waals surface area (Å²) in [5, 5.41) is 17.4. The molecule has 0 aromatic carbocycles. The maximum atomic E-state index is 8.91. The van der Waals surface area contributed by atoms with Crippen LogP contribution in [0.2, 0.25) is 0 Å². The fraction of sp³-hybridized carbons (Fsp3) is 0.667. The standard InChI is InChI=1S/C6H12O3/c1-3-5(8)6(4-7)9-2/h3,5-8H,1,4H2,2H3/t5-,6-/m1/s1. The Kier molecular flexibility index (Phi) is 4.30. The van der Waals surface area contributed by atoms with Crippen molar-refractivity contribution < 1.29 is 14.9 Å². The summed E-state index contributed by atoms with van der Waals surface area (Å²) in [5.74, 6) is 0. The SMILES string of the molecule is C=C[C@@H](O)[C@@H](CO)OC. The first kappa shape index (κ1) is 8.62. The van der Waals surface area contributed by atoms with Crippen LogP contribution >= 0.6 is 0 Å². The minimum Gasteiger partial charge on any atom is -0.394 e. The number of methoxy groups -OCH3 is 1. The van der Waals surface area contributed by atoms with E-state index in [-0.39, 0.29) is 6.61 Å². The van der Waals surface area contributed by atoms with Gasteiger partial charge in [-0.3, -0.25) is 0 Å². The molecule has 0 spiro atoms. The topological polar surface area (TPSA) is 49.7 Å². The number of ether oxygens (including phenoxy) is 1. The van der Waals surface area contributed by atoms with E-state index in [9.17, 15) is 0 Å². The zero-order chi connectivity index (χ0) is 7.28. The van der Waals surface area contributed by atoms with Crippen molar-refractivity contribution in [2.24, 2.45) is 0 Å². The summed E-state index contributed by atoms with van der Waals surface area (Å²) in [7, 11) is 1.42. The Hall–Kier alpha value is -0.380. The minimum atomic E-state index is -0.778. The van der Waals surface area contributed by atoms with Crippen LogP contribution in [0.15, 0.2) is 12.7 Å². The second kappa shape index (κ2) is 4.49. The van der Waals surface area contributed by atoms with Gasteiger partial charge in [-0.2, -0.15) is 0 Å². The van der Waals surface area contributed by atoms with E-state index in [0.29, 0.717) is 0 Å². The van der Waals surface area contributed by atoms with Crippen LogP contribution < -0.4 is 0 Å². The highest BCUT2D eigenvalue weighted by Gasteiger charge is 2.12. The molecule has 0 aromatic rings. The highest BCUT2D eigenvalue weighted by molar-refractivity contribution is 4.84. The van der Waals surface area contributed by atoms with Crippen LogP contribution in [0, 0.1) is 0 Å². The van der Waals surface area contributed by atoms with Crippen molar-refractivity contribution in [1.29, 1.82) is 0 Å². The quantitative estimate of drug-likeness (QED) is 0.509. The smallest absolute Gasteiger partial charge is 0.110 e. The van der Waals surface area contributed by atoms with Crippen molar-refractivity contribution in [2.75, 3.05) is 13.7 Å². The van der Waals surface area contributed by atoms with E-state index in [4.69, 9.17) is 10.2 Å². The summed E-state index contributed by atoms with van der Waals surface area (Å²) in [4.78, 5) is 0. The van der Waals surface area contributed by atoms with E-state index in [1.807, 2.05) is 0 Å². The molecule has 0 saturated heterocycles. The summed E-state index contributed by atoms with van der Waals surface area (Å²) in [6, 6.07) is 0. The third-order valence-electron chi connectivity index (χ3n) is 1.11. The largest absolute Gasteiger partial charge is 0.394 e. The first-order chi connectivity index (χ1) is 4.26. The van der Waals surface area contributed by atoms with Gasteiger partial charge in [0.15, 0.2) is 0 Å². The van der Waals surface area contributed by atoms with E-state index >= 15 is 0 Å². The van der Waals surface area contributed by atoms with Crippen molar-refractivity contribution >= 4 is 0 Å². The molecule has 0 aliphatic carbocycles. The molecule has 0 amide bonds. The van der Waals surface area contributed by atoms with Gasteiger partial charge in [-0.05, 0) is 0 Å². The molecule has 0 heterocycles. The summed E-state index contributed by atoms with van der Waals surface area (Å²) >= 11 is 0. The van der Waals surface area contributed by atoms with Gasteiger partial charge in [0.25, 0.3) is 0 Å². The average molecular weight is 132 g/mol. The molecule has 0 unspecified atom stereocenters. The third kappa shape index (κ3) is 2.60. The molecule has 0 saturated carbocycles. The molecule has 0 radical (unpaired) electrons. The van der Waals surface area contributed by atoms with Gasteiger partial charge in [-0.1, -0.05) is 6.08 Å². The van der Waals surface area contributed by atoms with Crippen molar-refractivity contribution in [3.8, 4) is 0 Å². The van der Waals surface area contributed by atoms with Crippen molar-refractivity contribution in [3.63, 3.8) is 0 Å². The fourth-order valence-corrected chi connectivity index (χ4v) is 0.474. The molecule has 9 heavy (non-hydrogen) atoms. The number of rotatable bonds is 4. The lowest BCUT2D eigenvalue weighted by Gasteiger charge is -2.14. The molecular formula is C6H12O3. The highest BCUT2D eigenvalue weighted by Crippen LogP contribution is 1.96. The van der Waals surface area contributed by atoms with E-state index in [2.05, 4.69) is 11.3 Å². The fourth-order valence-electron chi connectivity index (χ4n) is 0.474. The average Bonchev–Trinajstić information content (AvgIpc) is 1.90. The second-order valence-electron chi connectivity index (χ2n) is 1.68. The van der Waals surface area contributed by atoms with Crippen LogP contribution in [0.1, 0.15) is 0 Å². The Balaban J connectivity index is 3.63. The third-order valence-corrected chi connectivity index (χ3v) is 1.11. The van der Waals surface area contributed by atoms with Gasteiger partial charge >= 0.3 is 0 Å². The Bertz CT molecular complexity index is 78.4. The van der Waals surface area contributed by atoms with Crippen LogP contribution in [0.4, 0.5) is 0 Å². The Morgan fingerprint density at radius 3 is 2.44 bits per heavy atom. The van der Waals surface area contributed by atoms with Gasteiger partial charge in [-0.25, -0.2) is 0 Å². The molecule has 2 atom stereocenters. The van der Waals surface area contributed by atoms with Crippen LogP contribution in [0.5, 0.6) is 0 Å². The number of aliphatic hydroxyl groups is 2. The van der Waals surface area contributed by atoms with Crippen molar-refractivity contribution in [2.45, 2.75) is 12.2 Å². The van der Waals surface area contributed by atoms with E-state index < -0.39 is 12.2 Å². The molecule has 0 aromatic heterocycles. The highest BCUT2D eigenvalue weighted by atomic mass is 16.5. The Morgan fingerprint density at radius 1 is 1.78 bits per heavy atom. The van der Waals surface area contributed by atoms with E-state index in [1.165, 1.54) is 13.2 Å². The maximum absolute atomic E-state index is 8.91. The first-order valence-electron chi connectivity index (χ1n) is 2.70.